The maximum Gasteiger partial charge on any atom is 0.0363 e. The van der Waals surface area contributed by atoms with E-state index < -0.39 is 0 Å². The van der Waals surface area contributed by atoms with Crippen LogP contribution in [0.15, 0.2) is 24.3 Å². The van der Waals surface area contributed by atoms with E-state index in [2.05, 4.69) is 59.1 Å². The van der Waals surface area contributed by atoms with Crippen LogP contribution in [0, 0.1) is 5.41 Å². The van der Waals surface area contributed by atoms with Gasteiger partial charge in [0.05, 0.1) is 0 Å². The van der Waals surface area contributed by atoms with Crippen molar-refractivity contribution in [3.8, 4) is 0 Å². The summed E-state index contributed by atoms with van der Waals surface area (Å²) in [7, 11) is 2.23. The van der Waals surface area contributed by atoms with Crippen LogP contribution in [0.4, 0.5) is 5.69 Å². The van der Waals surface area contributed by atoms with Gasteiger partial charge in [0.2, 0.25) is 0 Å². The van der Waals surface area contributed by atoms with E-state index in [0.717, 1.165) is 11.8 Å². The molecule has 1 nitrogen and oxygen atoms in total. The second-order valence-corrected chi connectivity index (χ2v) is 6.28. The third kappa shape index (κ3) is 3.09. The molecular formula is C16H24BrN. The number of alkyl halides is 1. The molecule has 1 aromatic rings. The van der Waals surface area contributed by atoms with Crippen LogP contribution in [0.1, 0.15) is 38.2 Å². The highest BCUT2D eigenvalue weighted by atomic mass is 79.9. The number of nitrogens with zero attached hydrogens (tertiary/aromatic N) is 1. The Morgan fingerprint density at radius 1 is 1.17 bits per heavy atom. The lowest BCUT2D eigenvalue weighted by Gasteiger charge is -2.33. The molecule has 18 heavy (non-hydrogen) atoms. The fourth-order valence-corrected chi connectivity index (χ4v) is 3.78. The van der Waals surface area contributed by atoms with Crippen LogP contribution in [0.3, 0.4) is 0 Å². The Kier molecular flexibility index (Phi) is 4.71. The van der Waals surface area contributed by atoms with Gasteiger partial charge in [0.25, 0.3) is 0 Å². The van der Waals surface area contributed by atoms with E-state index >= 15 is 0 Å². The zero-order valence-electron chi connectivity index (χ0n) is 11.6. The van der Waals surface area contributed by atoms with Gasteiger partial charge in [-0.05, 0) is 42.4 Å². The van der Waals surface area contributed by atoms with Gasteiger partial charge in [0, 0.05) is 24.6 Å². The Morgan fingerprint density at radius 3 is 2.28 bits per heavy atom. The van der Waals surface area contributed by atoms with Crippen LogP contribution >= 0.6 is 15.9 Å². The lowest BCUT2D eigenvalue weighted by atomic mass is 9.88. The number of halogens is 1. The van der Waals surface area contributed by atoms with Crippen LogP contribution < -0.4 is 4.90 Å². The normalized spacial score (nSPS) is 17.9. The molecule has 0 radical (unpaired) electrons. The summed E-state index contributed by atoms with van der Waals surface area (Å²) in [5.74, 6) is 0. The van der Waals surface area contributed by atoms with Crippen molar-refractivity contribution in [1.82, 2.24) is 0 Å². The minimum Gasteiger partial charge on any atom is -0.374 e. The fourth-order valence-electron chi connectivity index (χ4n) is 3.04. The van der Waals surface area contributed by atoms with Gasteiger partial charge in [-0.25, -0.2) is 0 Å². The van der Waals surface area contributed by atoms with Gasteiger partial charge >= 0.3 is 0 Å². The quantitative estimate of drug-likeness (QED) is 0.716. The summed E-state index contributed by atoms with van der Waals surface area (Å²) < 4.78 is 0. The number of aryl methyl sites for hydroxylation is 1. The summed E-state index contributed by atoms with van der Waals surface area (Å²) in [6, 6.07) is 9.02. The summed E-state index contributed by atoms with van der Waals surface area (Å²) in [5, 5.41) is 1.14. The molecule has 2 rings (SSSR count). The van der Waals surface area contributed by atoms with Gasteiger partial charge in [-0.1, -0.05) is 47.8 Å². The standard InChI is InChI=1S/C16H24BrN/c1-3-14-6-8-15(9-7-14)18(2)13-16(12-17)10-4-5-11-16/h6-9H,3-5,10-13H2,1-2H3. The van der Waals surface area contributed by atoms with Crippen molar-refractivity contribution in [3.05, 3.63) is 29.8 Å². The van der Waals surface area contributed by atoms with Crippen molar-refractivity contribution < 1.29 is 0 Å². The van der Waals surface area contributed by atoms with Gasteiger partial charge < -0.3 is 4.90 Å². The molecule has 1 aliphatic carbocycles. The first-order valence-electron chi connectivity index (χ1n) is 7.05. The third-order valence-electron chi connectivity index (χ3n) is 4.31. The molecule has 0 aromatic heterocycles. The van der Waals surface area contributed by atoms with E-state index in [1.807, 2.05) is 0 Å². The topological polar surface area (TPSA) is 3.24 Å². The van der Waals surface area contributed by atoms with E-state index in [-0.39, 0.29) is 0 Å². The van der Waals surface area contributed by atoms with Crippen molar-refractivity contribution in [2.24, 2.45) is 5.41 Å². The fraction of sp³-hybridized carbons (Fsp3) is 0.625. The summed E-state index contributed by atoms with van der Waals surface area (Å²) >= 11 is 3.73. The van der Waals surface area contributed by atoms with E-state index in [1.54, 1.807) is 0 Å². The largest absolute Gasteiger partial charge is 0.374 e. The molecule has 100 valence electrons. The summed E-state index contributed by atoms with van der Waals surface area (Å²) in [6.07, 6.45) is 6.66. The molecule has 1 aliphatic rings. The molecule has 0 N–H and O–H groups in total. The van der Waals surface area contributed by atoms with Gasteiger partial charge in [0.1, 0.15) is 0 Å². The Labute approximate surface area is 120 Å². The SMILES string of the molecule is CCc1ccc(N(C)CC2(CBr)CCCC2)cc1. The van der Waals surface area contributed by atoms with Crippen molar-refractivity contribution in [3.63, 3.8) is 0 Å². The van der Waals surface area contributed by atoms with Crippen molar-refractivity contribution >= 4 is 21.6 Å². The minimum absolute atomic E-state index is 0.498. The molecule has 2 heteroatoms. The molecule has 1 fully saturated rings. The van der Waals surface area contributed by atoms with Gasteiger partial charge in [-0.2, -0.15) is 0 Å². The number of anilines is 1. The van der Waals surface area contributed by atoms with Crippen molar-refractivity contribution in [2.45, 2.75) is 39.0 Å². The number of rotatable bonds is 5. The highest BCUT2D eigenvalue weighted by molar-refractivity contribution is 9.09. The molecule has 0 saturated heterocycles. The van der Waals surface area contributed by atoms with E-state index in [1.165, 1.54) is 43.5 Å². The predicted molar refractivity (Wildman–Crippen MR) is 83.8 cm³/mol. The Hall–Kier alpha value is -0.500. The number of hydrogen-bond donors (Lipinski definition) is 0. The van der Waals surface area contributed by atoms with Crippen LogP contribution in [-0.4, -0.2) is 18.9 Å². The highest BCUT2D eigenvalue weighted by Crippen LogP contribution is 2.40. The molecule has 1 aromatic carbocycles. The third-order valence-corrected chi connectivity index (χ3v) is 5.50. The van der Waals surface area contributed by atoms with Crippen molar-refractivity contribution in [1.29, 1.82) is 0 Å². The van der Waals surface area contributed by atoms with Gasteiger partial charge in [0.15, 0.2) is 0 Å². The van der Waals surface area contributed by atoms with Crippen LogP contribution in [0.5, 0.6) is 0 Å². The van der Waals surface area contributed by atoms with E-state index in [9.17, 15) is 0 Å². The highest BCUT2D eigenvalue weighted by Gasteiger charge is 2.33. The molecule has 0 heterocycles. The maximum absolute atomic E-state index is 3.73. The van der Waals surface area contributed by atoms with Crippen molar-refractivity contribution in [2.75, 3.05) is 23.8 Å². The van der Waals surface area contributed by atoms with Gasteiger partial charge in [-0.3, -0.25) is 0 Å². The molecule has 0 unspecified atom stereocenters. The van der Waals surface area contributed by atoms with Crippen LogP contribution in [0.2, 0.25) is 0 Å². The minimum atomic E-state index is 0.498. The van der Waals surface area contributed by atoms with Gasteiger partial charge in [-0.15, -0.1) is 0 Å². The molecule has 1 saturated carbocycles. The first kappa shape index (κ1) is 13.9. The zero-order valence-corrected chi connectivity index (χ0v) is 13.2. The second kappa shape index (κ2) is 6.10. The number of hydrogen-bond acceptors (Lipinski definition) is 1. The predicted octanol–water partition coefficient (Wildman–Crippen LogP) is 4.64. The molecule has 0 bridgehead atoms. The van der Waals surface area contributed by atoms with Crippen LogP contribution in [-0.2, 0) is 6.42 Å². The Morgan fingerprint density at radius 2 is 1.78 bits per heavy atom. The first-order chi connectivity index (χ1) is 8.69. The summed E-state index contributed by atoms with van der Waals surface area (Å²) in [4.78, 5) is 2.42. The summed E-state index contributed by atoms with van der Waals surface area (Å²) in [6.45, 7) is 3.38. The lowest BCUT2D eigenvalue weighted by Crippen LogP contribution is -2.35. The number of benzene rings is 1. The Bertz CT molecular complexity index is 365. The second-order valence-electron chi connectivity index (χ2n) is 5.72. The van der Waals surface area contributed by atoms with E-state index in [0.29, 0.717) is 5.41 Å². The average Bonchev–Trinajstić information content (AvgIpc) is 2.88. The Balaban J connectivity index is 2.03. The molecule has 0 atom stereocenters. The smallest absolute Gasteiger partial charge is 0.0363 e. The molecular weight excluding hydrogens is 286 g/mol. The molecule has 0 aliphatic heterocycles. The maximum atomic E-state index is 3.73. The van der Waals surface area contributed by atoms with E-state index in [4.69, 9.17) is 0 Å². The monoisotopic (exact) mass is 309 g/mol. The zero-order chi connectivity index (χ0) is 13.0. The molecule has 0 amide bonds. The lowest BCUT2D eigenvalue weighted by molar-refractivity contribution is 0.356. The molecule has 0 spiro atoms. The van der Waals surface area contributed by atoms with Crippen LogP contribution in [0.25, 0.3) is 0 Å². The first-order valence-corrected chi connectivity index (χ1v) is 8.17. The average molecular weight is 310 g/mol. The summed E-state index contributed by atoms with van der Waals surface area (Å²) in [5.41, 5.74) is 3.26.